The molecule has 0 aliphatic heterocycles. The molecule has 0 fully saturated rings. The number of methoxy groups -OCH3 is 1. The second-order valence-electron chi connectivity index (χ2n) is 5.08. The number of carboxylic acid groups (broad SMARTS) is 1. The van der Waals surface area contributed by atoms with Crippen LogP contribution in [-0.2, 0) is 22.7 Å². The summed E-state index contributed by atoms with van der Waals surface area (Å²) in [4.78, 5) is 22.7. The first-order valence-corrected chi connectivity index (χ1v) is 5.70. The highest BCUT2D eigenvalue weighted by atomic mass is 16.5. The van der Waals surface area contributed by atoms with Gasteiger partial charge in [-0.2, -0.15) is 0 Å². The largest absolute Gasteiger partial charge is 0.476 e. The lowest BCUT2D eigenvalue weighted by Crippen LogP contribution is -2.42. The minimum Gasteiger partial charge on any atom is -0.476 e. The van der Waals surface area contributed by atoms with E-state index in [0.29, 0.717) is 0 Å². The molecule has 1 aromatic rings. The second-order valence-corrected chi connectivity index (χ2v) is 5.08. The third kappa shape index (κ3) is 4.32. The lowest BCUT2D eigenvalue weighted by molar-refractivity contribution is -0.123. The molecular formula is C11H18N4O4. The van der Waals surface area contributed by atoms with Crippen LogP contribution in [0.1, 0.15) is 37.0 Å². The van der Waals surface area contributed by atoms with Crippen molar-refractivity contribution in [1.82, 2.24) is 20.3 Å². The highest BCUT2D eigenvalue weighted by Gasteiger charge is 2.21. The lowest BCUT2D eigenvalue weighted by Gasteiger charge is -2.20. The smallest absolute Gasteiger partial charge is 0.358 e. The minimum atomic E-state index is -1.20. The van der Waals surface area contributed by atoms with Gasteiger partial charge in [-0.25, -0.2) is 9.48 Å². The monoisotopic (exact) mass is 270 g/mol. The van der Waals surface area contributed by atoms with Gasteiger partial charge >= 0.3 is 5.97 Å². The van der Waals surface area contributed by atoms with Gasteiger partial charge in [-0.05, 0) is 20.8 Å². The Bertz CT molecular complexity index is 476. The van der Waals surface area contributed by atoms with Crippen LogP contribution in [0, 0.1) is 0 Å². The number of aromatic carboxylic acids is 1. The van der Waals surface area contributed by atoms with E-state index in [1.165, 1.54) is 11.8 Å². The van der Waals surface area contributed by atoms with E-state index < -0.39 is 5.97 Å². The summed E-state index contributed by atoms with van der Waals surface area (Å²) < 4.78 is 6.13. The van der Waals surface area contributed by atoms with Crippen LogP contribution in [0.15, 0.2) is 0 Å². The molecule has 1 aromatic heterocycles. The molecular weight excluding hydrogens is 252 g/mol. The molecule has 0 aromatic carbocycles. The average Bonchev–Trinajstić information content (AvgIpc) is 2.59. The molecule has 0 bridgehead atoms. The Morgan fingerprint density at radius 3 is 2.53 bits per heavy atom. The van der Waals surface area contributed by atoms with Crippen LogP contribution in [0.5, 0.6) is 0 Å². The van der Waals surface area contributed by atoms with Crippen molar-refractivity contribution in [2.24, 2.45) is 0 Å². The summed E-state index contributed by atoms with van der Waals surface area (Å²) in [7, 11) is 1.43. The standard InChI is InChI=1S/C11H18N4O4/c1-11(2,3)12-8(16)5-15-7(6-19-4)9(10(17)18)13-14-15/h5-6H2,1-4H3,(H,12,16)(H,17,18). The van der Waals surface area contributed by atoms with Crippen LogP contribution >= 0.6 is 0 Å². The molecule has 0 saturated carbocycles. The normalized spacial score (nSPS) is 11.4. The SMILES string of the molecule is COCc1c(C(=O)O)nnn1CC(=O)NC(C)(C)C. The number of rotatable bonds is 5. The number of ether oxygens (including phenoxy) is 1. The van der Waals surface area contributed by atoms with E-state index in [9.17, 15) is 9.59 Å². The van der Waals surface area contributed by atoms with Gasteiger partial charge in [-0.1, -0.05) is 5.21 Å². The predicted molar refractivity (Wildman–Crippen MR) is 65.6 cm³/mol. The van der Waals surface area contributed by atoms with Crippen molar-refractivity contribution in [2.75, 3.05) is 7.11 Å². The summed E-state index contributed by atoms with van der Waals surface area (Å²) in [6, 6.07) is 0. The Hall–Kier alpha value is -1.96. The summed E-state index contributed by atoms with van der Waals surface area (Å²) in [6.07, 6.45) is 0. The Labute approximate surface area is 110 Å². The van der Waals surface area contributed by atoms with Gasteiger partial charge in [0, 0.05) is 12.6 Å². The first-order valence-electron chi connectivity index (χ1n) is 5.70. The molecule has 0 atom stereocenters. The van der Waals surface area contributed by atoms with Gasteiger partial charge in [0.2, 0.25) is 5.91 Å². The number of hydrogen-bond acceptors (Lipinski definition) is 5. The van der Waals surface area contributed by atoms with Crippen molar-refractivity contribution in [3.05, 3.63) is 11.4 Å². The van der Waals surface area contributed by atoms with Gasteiger partial charge in [-0.15, -0.1) is 5.10 Å². The maximum Gasteiger partial charge on any atom is 0.358 e. The summed E-state index contributed by atoms with van der Waals surface area (Å²) >= 11 is 0. The lowest BCUT2D eigenvalue weighted by atomic mass is 10.1. The van der Waals surface area contributed by atoms with E-state index >= 15 is 0 Å². The molecule has 106 valence electrons. The molecule has 8 nitrogen and oxygen atoms in total. The first-order chi connectivity index (χ1) is 8.74. The van der Waals surface area contributed by atoms with Crippen LogP contribution in [0.25, 0.3) is 0 Å². The van der Waals surface area contributed by atoms with Gasteiger partial charge in [0.05, 0.1) is 12.3 Å². The van der Waals surface area contributed by atoms with Crippen molar-refractivity contribution >= 4 is 11.9 Å². The molecule has 19 heavy (non-hydrogen) atoms. The van der Waals surface area contributed by atoms with E-state index in [2.05, 4.69) is 15.6 Å². The molecule has 0 saturated heterocycles. The van der Waals surface area contributed by atoms with Crippen molar-refractivity contribution < 1.29 is 19.4 Å². The van der Waals surface area contributed by atoms with Gasteiger partial charge in [0.15, 0.2) is 5.69 Å². The highest BCUT2D eigenvalue weighted by Crippen LogP contribution is 2.07. The van der Waals surface area contributed by atoms with E-state index in [0.717, 1.165) is 0 Å². The number of hydrogen-bond donors (Lipinski definition) is 2. The van der Waals surface area contributed by atoms with E-state index in [-0.39, 0.29) is 36.0 Å². The third-order valence-corrected chi connectivity index (χ3v) is 2.13. The number of nitrogens with zero attached hydrogens (tertiary/aromatic N) is 3. The zero-order valence-electron chi connectivity index (χ0n) is 11.4. The quantitative estimate of drug-likeness (QED) is 0.782. The molecule has 0 aliphatic rings. The molecule has 2 N–H and O–H groups in total. The minimum absolute atomic E-state index is 0.0252. The van der Waals surface area contributed by atoms with Crippen molar-refractivity contribution in [3.63, 3.8) is 0 Å². The van der Waals surface area contributed by atoms with Gasteiger partial charge < -0.3 is 15.2 Å². The Morgan fingerprint density at radius 2 is 2.05 bits per heavy atom. The van der Waals surface area contributed by atoms with E-state index in [1.54, 1.807) is 0 Å². The maximum absolute atomic E-state index is 11.8. The summed E-state index contributed by atoms with van der Waals surface area (Å²) in [5, 5.41) is 18.9. The zero-order valence-corrected chi connectivity index (χ0v) is 11.4. The third-order valence-electron chi connectivity index (χ3n) is 2.13. The fourth-order valence-corrected chi connectivity index (χ4v) is 1.50. The number of carbonyl (C=O) groups is 2. The molecule has 1 rings (SSSR count). The molecule has 1 amide bonds. The Balaban J connectivity index is 2.89. The van der Waals surface area contributed by atoms with E-state index in [4.69, 9.17) is 9.84 Å². The Morgan fingerprint density at radius 1 is 1.42 bits per heavy atom. The van der Waals surface area contributed by atoms with Crippen LogP contribution in [0.2, 0.25) is 0 Å². The number of carboxylic acids is 1. The zero-order chi connectivity index (χ0) is 14.6. The number of aromatic nitrogens is 3. The highest BCUT2D eigenvalue weighted by molar-refractivity contribution is 5.86. The second kappa shape index (κ2) is 5.79. The summed E-state index contributed by atoms with van der Waals surface area (Å²) in [5.74, 6) is -1.47. The van der Waals surface area contributed by atoms with Crippen LogP contribution in [0.4, 0.5) is 0 Å². The predicted octanol–water partition coefficient (Wildman–Crippen LogP) is 0.0374. The number of amides is 1. The van der Waals surface area contributed by atoms with Crippen LogP contribution in [-0.4, -0.2) is 44.6 Å². The van der Waals surface area contributed by atoms with Crippen molar-refractivity contribution in [3.8, 4) is 0 Å². The van der Waals surface area contributed by atoms with Crippen molar-refractivity contribution in [2.45, 2.75) is 39.5 Å². The number of nitrogens with one attached hydrogen (secondary N) is 1. The van der Waals surface area contributed by atoms with Gasteiger partial charge in [0.1, 0.15) is 6.54 Å². The summed E-state index contributed by atoms with van der Waals surface area (Å²) in [6.45, 7) is 5.48. The van der Waals surface area contributed by atoms with Gasteiger partial charge in [0.25, 0.3) is 0 Å². The molecule has 0 aliphatic carbocycles. The first kappa shape index (κ1) is 15.1. The van der Waals surface area contributed by atoms with E-state index in [1.807, 2.05) is 20.8 Å². The van der Waals surface area contributed by atoms with Crippen LogP contribution in [0.3, 0.4) is 0 Å². The molecule has 8 heteroatoms. The number of carbonyl (C=O) groups excluding carboxylic acids is 1. The molecule has 1 heterocycles. The van der Waals surface area contributed by atoms with Crippen LogP contribution < -0.4 is 5.32 Å². The fourth-order valence-electron chi connectivity index (χ4n) is 1.50. The van der Waals surface area contributed by atoms with Crippen molar-refractivity contribution in [1.29, 1.82) is 0 Å². The maximum atomic E-state index is 11.8. The summed E-state index contributed by atoms with van der Waals surface area (Å²) in [5.41, 5.74) is -0.307. The molecule has 0 radical (unpaired) electrons. The Kier molecular flexibility index (Phi) is 4.60. The fraction of sp³-hybridized carbons (Fsp3) is 0.636. The molecule has 0 spiro atoms. The topological polar surface area (TPSA) is 106 Å². The average molecular weight is 270 g/mol. The molecule has 0 unspecified atom stereocenters. The van der Waals surface area contributed by atoms with Gasteiger partial charge in [-0.3, -0.25) is 4.79 Å².